The van der Waals surface area contributed by atoms with Gasteiger partial charge in [0.15, 0.2) is 0 Å². The van der Waals surface area contributed by atoms with Gasteiger partial charge in [0, 0.05) is 12.2 Å². The molecule has 1 heterocycles. The summed E-state index contributed by atoms with van der Waals surface area (Å²) >= 11 is 1.45. The number of benzene rings is 2. The zero-order chi connectivity index (χ0) is 20.3. The van der Waals surface area contributed by atoms with Crippen molar-refractivity contribution in [3.05, 3.63) is 88.4 Å². The summed E-state index contributed by atoms with van der Waals surface area (Å²) in [5.74, 6) is 0. The lowest BCUT2D eigenvalue weighted by molar-refractivity contribution is 0.119. The number of aliphatic hydroxyl groups excluding tert-OH is 1. The van der Waals surface area contributed by atoms with Crippen LogP contribution >= 0.6 is 11.3 Å². The van der Waals surface area contributed by atoms with Crippen molar-refractivity contribution in [3.63, 3.8) is 0 Å². The minimum atomic E-state index is -0.509. The minimum Gasteiger partial charge on any atom is -0.444 e. The maximum absolute atomic E-state index is 12.3. The highest BCUT2D eigenvalue weighted by Crippen LogP contribution is 2.13. The molecular formula is C23H26N2O3S. The normalized spacial score (nSPS) is 12.9. The minimum absolute atomic E-state index is 0.200. The van der Waals surface area contributed by atoms with Gasteiger partial charge in [0.2, 0.25) is 0 Å². The number of aryl methyl sites for hydroxylation is 1. The highest BCUT2D eigenvalue weighted by atomic mass is 32.1. The van der Waals surface area contributed by atoms with E-state index in [1.807, 2.05) is 48.5 Å². The lowest BCUT2D eigenvalue weighted by atomic mass is 9.97. The van der Waals surface area contributed by atoms with Crippen LogP contribution < -0.4 is 5.32 Å². The first-order valence-electron chi connectivity index (χ1n) is 9.75. The Hall–Kier alpha value is -2.70. The van der Waals surface area contributed by atoms with Crippen LogP contribution in [0.4, 0.5) is 4.79 Å². The molecule has 0 fully saturated rings. The molecule has 0 unspecified atom stereocenters. The van der Waals surface area contributed by atoms with Gasteiger partial charge in [0.25, 0.3) is 0 Å². The van der Waals surface area contributed by atoms with E-state index in [1.165, 1.54) is 16.9 Å². The van der Waals surface area contributed by atoms with Crippen molar-refractivity contribution in [2.45, 2.75) is 44.4 Å². The second-order valence-corrected chi connectivity index (χ2v) is 7.96. The van der Waals surface area contributed by atoms with Gasteiger partial charge >= 0.3 is 6.09 Å². The molecule has 0 spiro atoms. The van der Waals surface area contributed by atoms with Crippen LogP contribution in [-0.2, 0) is 24.2 Å². The summed E-state index contributed by atoms with van der Waals surface area (Å²) < 4.78 is 5.30. The highest BCUT2D eigenvalue weighted by Gasteiger charge is 2.18. The molecule has 5 nitrogen and oxygen atoms in total. The van der Waals surface area contributed by atoms with Crippen molar-refractivity contribution >= 4 is 17.4 Å². The molecule has 3 aromatic rings. The number of carbonyl (C=O) groups is 1. The first-order valence-corrected chi connectivity index (χ1v) is 10.6. The third-order valence-corrected chi connectivity index (χ3v) is 5.39. The van der Waals surface area contributed by atoms with Crippen molar-refractivity contribution in [2.75, 3.05) is 0 Å². The van der Waals surface area contributed by atoms with Gasteiger partial charge in [-0.15, -0.1) is 11.3 Å². The zero-order valence-electron chi connectivity index (χ0n) is 16.2. The predicted octanol–water partition coefficient (Wildman–Crippen LogP) is 4.36. The van der Waals surface area contributed by atoms with E-state index in [1.54, 1.807) is 11.7 Å². The Labute approximate surface area is 175 Å². The fourth-order valence-electron chi connectivity index (χ4n) is 3.17. The van der Waals surface area contributed by atoms with Crippen LogP contribution in [0, 0.1) is 0 Å². The number of hydrogen-bond donors (Lipinski definition) is 2. The molecule has 0 aliphatic carbocycles. The number of aliphatic hydroxyl groups is 1. The van der Waals surface area contributed by atoms with E-state index in [9.17, 15) is 9.90 Å². The second-order valence-electron chi connectivity index (χ2n) is 6.99. The zero-order valence-corrected chi connectivity index (χ0v) is 17.1. The first kappa shape index (κ1) is 21.0. The summed E-state index contributed by atoms with van der Waals surface area (Å²) in [6, 6.07) is 19.8. The monoisotopic (exact) mass is 410 g/mol. The van der Waals surface area contributed by atoms with Gasteiger partial charge in [0.05, 0.1) is 16.5 Å². The molecule has 1 aromatic heterocycles. The fraction of sp³-hybridized carbons (Fsp3) is 0.304. The van der Waals surface area contributed by atoms with Crippen molar-refractivity contribution in [3.8, 4) is 0 Å². The SMILES string of the molecule is O=C(N[C@@H](Cc1ccccc1)C[C@@H](O)CCc1ccccc1)OCc1cncs1. The summed E-state index contributed by atoms with van der Waals surface area (Å²) in [7, 11) is 0. The predicted molar refractivity (Wildman–Crippen MR) is 115 cm³/mol. The standard InChI is InChI=1S/C23H26N2O3S/c26-21(12-11-18-7-3-1-4-8-18)14-20(13-19-9-5-2-6-10-19)25-23(27)28-16-22-15-24-17-29-22/h1-10,15,17,20-21,26H,11-14,16H2,(H,25,27)/t20-,21-/m0/s1. The fourth-order valence-corrected chi connectivity index (χ4v) is 3.68. The van der Waals surface area contributed by atoms with Gasteiger partial charge in [-0.25, -0.2) is 4.79 Å². The molecule has 0 aliphatic rings. The summed E-state index contributed by atoms with van der Waals surface area (Å²) in [4.78, 5) is 17.1. The lowest BCUT2D eigenvalue weighted by Crippen LogP contribution is -2.39. The summed E-state index contributed by atoms with van der Waals surface area (Å²) in [6.07, 6.45) is 3.26. The van der Waals surface area contributed by atoms with Crippen molar-refractivity contribution in [1.82, 2.24) is 10.3 Å². The average Bonchev–Trinajstić information content (AvgIpc) is 3.26. The molecule has 3 rings (SSSR count). The van der Waals surface area contributed by atoms with Gasteiger partial charge in [0.1, 0.15) is 6.61 Å². The molecule has 152 valence electrons. The summed E-state index contributed by atoms with van der Waals surface area (Å²) in [5, 5.41) is 13.5. The summed E-state index contributed by atoms with van der Waals surface area (Å²) in [5.41, 5.74) is 4.01. The lowest BCUT2D eigenvalue weighted by Gasteiger charge is -2.22. The Morgan fingerprint density at radius 2 is 1.76 bits per heavy atom. The molecule has 6 heteroatoms. The maximum atomic E-state index is 12.3. The Balaban J connectivity index is 1.53. The molecule has 2 atom stereocenters. The van der Waals surface area contributed by atoms with Crippen LogP contribution in [0.1, 0.15) is 28.8 Å². The van der Waals surface area contributed by atoms with E-state index in [-0.39, 0.29) is 12.6 Å². The highest BCUT2D eigenvalue weighted by molar-refractivity contribution is 7.09. The molecule has 0 radical (unpaired) electrons. The van der Waals surface area contributed by atoms with Crippen LogP contribution in [0.5, 0.6) is 0 Å². The Morgan fingerprint density at radius 3 is 2.41 bits per heavy atom. The van der Waals surface area contributed by atoms with E-state index < -0.39 is 12.2 Å². The van der Waals surface area contributed by atoms with Crippen molar-refractivity contribution in [2.24, 2.45) is 0 Å². The Bertz CT molecular complexity index is 841. The molecule has 0 bridgehead atoms. The van der Waals surface area contributed by atoms with E-state index in [0.29, 0.717) is 19.3 Å². The van der Waals surface area contributed by atoms with Crippen molar-refractivity contribution in [1.29, 1.82) is 0 Å². The quantitative estimate of drug-likeness (QED) is 0.521. The smallest absolute Gasteiger partial charge is 0.407 e. The number of amides is 1. The first-order chi connectivity index (χ1) is 14.2. The molecule has 0 saturated heterocycles. The third kappa shape index (κ3) is 7.68. The van der Waals surface area contributed by atoms with Crippen LogP contribution in [-0.4, -0.2) is 28.3 Å². The Morgan fingerprint density at radius 1 is 1.07 bits per heavy atom. The van der Waals surface area contributed by atoms with E-state index in [2.05, 4.69) is 22.4 Å². The van der Waals surface area contributed by atoms with Gasteiger partial charge < -0.3 is 15.2 Å². The van der Waals surface area contributed by atoms with Gasteiger partial charge in [-0.05, 0) is 36.8 Å². The molecule has 2 N–H and O–H groups in total. The molecule has 2 aromatic carbocycles. The topological polar surface area (TPSA) is 71.5 Å². The maximum Gasteiger partial charge on any atom is 0.407 e. The van der Waals surface area contributed by atoms with Gasteiger partial charge in [-0.3, -0.25) is 4.98 Å². The number of thiazole rings is 1. The third-order valence-electron chi connectivity index (χ3n) is 4.64. The molecule has 29 heavy (non-hydrogen) atoms. The second kappa shape index (κ2) is 11.3. The summed E-state index contributed by atoms with van der Waals surface area (Å²) in [6.45, 7) is 0.200. The number of rotatable bonds is 10. The number of nitrogens with one attached hydrogen (secondary N) is 1. The van der Waals surface area contributed by atoms with E-state index >= 15 is 0 Å². The number of ether oxygens (including phenoxy) is 1. The number of aromatic nitrogens is 1. The van der Waals surface area contributed by atoms with Crippen LogP contribution in [0.15, 0.2) is 72.4 Å². The average molecular weight is 411 g/mol. The van der Waals surface area contributed by atoms with E-state index in [4.69, 9.17) is 4.74 Å². The van der Waals surface area contributed by atoms with Crippen LogP contribution in [0.25, 0.3) is 0 Å². The Kier molecular flexibility index (Phi) is 8.22. The van der Waals surface area contributed by atoms with E-state index in [0.717, 1.165) is 16.9 Å². The van der Waals surface area contributed by atoms with Gasteiger partial charge in [-0.2, -0.15) is 0 Å². The number of hydrogen-bond acceptors (Lipinski definition) is 5. The molecule has 0 saturated carbocycles. The molecular weight excluding hydrogens is 384 g/mol. The number of nitrogens with zero attached hydrogens (tertiary/aromatic N) is 1. The molecule has 0 aliphatic heterocycles. The van der Waals surface area contributed by atoms with Crippen molar-refractivity contribution < 1.29 is 14.6 Å². The van der Waals surface area contributed by atoms with Crippen LogP contribution in [0.3, 0.4) is 0 Å². The number of alkyl carbamates (subject to hydrolysis) is 1. The largest absolute Gasteiger partial charge is 0.444 e. The van der Waals surface area contributed by atoms with Gasteiger partial charge in [-0.1, -0.05) is 60.7 Å². The molecule has 1 amide bonds. The number of carbonyl (C=O) groups excluding carboxylic acids is 1. The van der Waals surface area contributed by atoms with Crippen LogP contribution in [0.2, 0.25) is 0 Å².